The van der Waals surface area contributed by atoms with Crippen LogP contribution in [0.2, 0.25) is 0 Å². The number of aliphatic hydroxyl groups is 1. The van der Waals surface area contributed by atoms with Crippen molar-refractivity contribution in [3.63, 3.8) is 0 Å². The van der Waals surface area contributed by atoms with Crippen molar-refractivity contribution >= 4 is 11.8 Å². The molecule has 0 radical (unpaired) electrons. The second kappa shape index (κ2) is 6.10. The van der Waals surface area contributed by atoms with Crippen molar-refractivity contribution in [3.05, 3.63) is 54.0 Å². The van der Waals surface area contributed by atoms with Crippen LogP contribution >= 0.6 is 0 Å². The first-order valence-electron chi connectivity index (χ1n) is 8.34. The van der Waals surface area contributed by atoms with E-state index in [-0.39, 0.29) is 17.9 Å². The Labute approximate surface area is 154 Å². The van der Waals surface area contributed by atoms with E-state index >= 15 is 0 Å². The zero-order valence-corrected chi connectivity index (χ0v) is 14.5. The summed E-state index contributed by atoms with van der Waals surface area (Å²) in [4.78, 5) is 24.9. The molecule has 8 heteroatoms. The molecule has 0 spiro atoms. The van der Waals surface area contributed by atoms with Crippen LogP contribution in [-0.4, -0.2) is 40.6 Å². The lowest BCUT2D eigenvalue weighted by Gasteiger charge is -2.16. The Balaban J connectivity index is 1.66. The average molecular weight is 367 g/mol. The fourth-order valence-electron chi connectivity index (χ4n) is 3.15. The summed E-state index contributed by atoms with van der Waals surface area (Å²) in [6.45, 7) is 0.446. The van der Waals surface area contributed by atoms with Gasteiger partial charge >= 0.3 is 0 Å². The molecule has 27 heavy (non-hydrogen) atoms. The van der Waals surface area contributed by atoms with Crippen LogP contribution in [0, 0.1) is 0 Å². The molecule has 1 aliphatic heterocycles. The Kier molecular flexibility index (Phi) is 3.85. The number of carbonyl (C=O) groups is 2. The highest BCUT2D eigenvalue weighted by Gasteiger charge is 2.48. The van der Waals surface area contributed by atoms with Crippen molar-refractivity contribution in [1.29, 1.82) is 0 Å². The molecule has 0 aliphatic carbocycles. The van der Waals surface area contributed by atoms with Crippen molar-refractivity contribution in [2.24, 2.45) is 5.73 Å². The second-order valence-corrected chi connectivity index (χ2v) is 6.52. The van der Waals surface area contributed by atoms with Crippen molar-refractivity contribution in [2.75, 3.05) is 13.6 Å². The number of nitrogens with zero attached hydrogens (tertiary/aromatic N) is 2. The summed E-state index contributed by atoms with van der Waals surface area (Å²) < 4.78 is 10.7. The van der Waals surface area contributed by atoms with E-state index in [1.165, 1.54) is 11.0 Å². The molecular formula is C19H17N3O5. The molecule has 1 fully saturated rings. The molecule has 3 heterocycles. The van der Waals surface area contributed by atoms with Crippen LogP contribution < -0.4 is 5.73 Å². The first kappa shape index (κ1) is 17.0. The summed E-state index contributed by atoms with van der Waals surface area (Å²) in [5.74, 6) is -0.372. The Bertz CT molecular complexity index is 1040. The zero-order valence-electron chi connectivity index (χ0n) is 14.5. The number of likely N-dealkylation sites (tertiary alicyclic amines) is 1. The summed E-state index contributed by atoms with van der Waals surface area (Å²) in [5.41, 5.74) is 5.44. The third-order valence-corrected chi connectivity index (χ3v) is 4.72. The van der Waals surface area contributed by atoms with Crippen molar-refractivity contribution in [3.8, 4) is 22.6 Å². The molecule has 4 rings (SSSR count). The maximum atomic E-state index is 12.2. The van der Waals surface area contributed by atoms with Gasteiger partial charge in [0.2, 0.25) is 5.60 Å². The number of hydrogen-bond donors (Lipinski definition) is 2. The van der Waals surface area contributed by atoms with Gasteiger partial charge in [-0.1, -0.05) is 23.4 Å². The largest absolute Gasteiger partial charge is 0.451 e. The Hall–Kier alpha value is -3.39. The highest BCUT2D eigenvalue weighted by Crippen LogP contribution is 2.35. The normalized spacial score (nSPS) is 19.6. The number of furan rings is 1. The van der Waals surface area contributed by atoms with Gasteiger partial charge in [0.05, 0.1) is 0 Å². The summed E-state index contributed by atoms with van der Waals surface area (Å²) in [7, 11) is 1.63. The predicted molar refractivity (Wildman–Crippen MR) is 94.3 cm³/mol. The number of primary amides is 1. The smallest absolute Gasteiger partial charge is 0.284 e. The van der Waals surface area contributed by atoms with E-state index in [0.717, 1.165) is 5.56 Å². The molecule has 1 atom stereocenters. The molecule has 1 saturated heterocycles. The van der Waals surface area contributed by atoms with Gasteiger partial charge in [0, 0.05) is 37.2 Å². The molecule has 2 aromatic heterocycles. The maximum absolute atomic E-state index is 12.2. The lowest BCUT2D eigenvalue weighted by Crippen LogP contribution is -2.35. The lowest BCUT2D eigenvalue weighted by atomic mass is 9.98. The molecule has 0 saturated carbocycles. The predicted octanol–water partition coefficient (Wildman–Crippen LogP) is 1.75. The topological polar surface area (TPSA) is 123 Å². The van der Waals surface area contributed by atoms with Gasteiger partial charge in [-0.05, 0) is 18.2 Å². The zero-order chi connectivity index (χ0) is 19.2. The molecule has 1 unspecified atom stereocenters. The van der Waals surface area contributed by atoms with E-state index in [1.807, 2.05) is 12.1 Å². The van der Waals surface area contributed by atoms with Crippen LogP contribution in [0.3, 0.4) is 0 Å². The Morgan fingerprint density at radius 1 is 1.26 bits per heavy atom. The van der Waals surface area contributed by atoms with Crippen molar-refractivity contribution in [2.45, 2.75) is 12.0 Å². The molecule has 3 aromatic rings. The average Bonchev–Trinajstić information content (AvgIpc) is 3.39. The van der Waals surface area contributed by atoms with Crippen molar-refractivity contribution in [1.82, 2.24) is 10.1 Å². The summed E-state index contributed by atoms with van der Waals surface area (Å²) in [5, 5.41) is 14.7. The molecule has 8 nitrogen and oxygen atoms in total. The van der Waals surface area contributed by atoms with Crippen LogP contribution in [0.1, 0.15) is 22.7 Å². The van der Waals surface area contributed by atoms with Gasteiger partial charge < -0.3 is 24.7 Å². The number of carbonyl (C=O) groups excluding carboxylic acids is 2. The first-order valence-corrected chi connectivity index (χ1v) is 8.34. The summed E-state index contributed by atoms with van der Waals surface area (Å²) in [6.07, 6.45) is 0.249. The first-order chi connectivity index (χ1) is 12.9. The molecule has 1 aliphatic rings. The second-order valence-electron chi connectivity index (χ2n) is 6.52. The quantitative estimate of drug-likeness (QED) is 0.724. The third kappa shape index (κ3) is 2.80. The summed E-state index contributed by atoms with van der Waals surface area (Å²) in [6, 6.07) is 12.0. The molecular weight excluding hydrogens is 350 g/mol. The molecule has 2 amide bonds. The van der Waals surface area contributed by atoms with Gasteiger partial charge in [-0.15, -0.1) is 0 Å². The van der Waals surface area contributed by atoms with Gasteiger partial charge in [0.1, 0.15) is 11.5 Å². The number of nitrogens with two attached hydrogens (primary N) is 1. The standard InChI is InChI=1S/C19H17N3O5/c1-22-8-7-19(25,18(22)24)16-10-13(21-27-16)11-3-2-4-12(9-11)14-5-6-15(26-14)17(20)23/h2-6,9-10,25H,7-8H2,1H3,(H2,20,23). The minimum atomic E-state index is -1.69. The van der Waals surface area contributed by atoms with Gasteiger partial charge in [-0.3, -0.25) is 9.59 Å². The monoisotopic (exact) mass is 367 g/mol. The van der Waals surface area contributed by atoms with Crippen LogP contribution in [0.25, 0.3) is 22.6 Å². The lowest BCUT2D eigenvalue weighted by molar-refractivity contribution is -0.144. The van der Waals surface area contributed by atoms with Gasteiger partial charge in [-0.2, -0.15) is 0 Å². The highest BCUT2D eigenvalue weighted by atomic mass is 16.5. The van der Waals surface area contributed by atoms with E-state index < -0.39 is 17.4 Å². The van der Waals surface area contributed by atoms with E-state index in [1.54, 1.807) is 31.3 Å². The fourth-order valence-corrected chi connectivity index (χ4v) is 3.15. The van der Waals surface area contributed by atoms with Crippen molar-refractivity contribution < 1.29 is 23.6 Å². The fraction of sp³-hybridized carbons (Fsp3) is 0.211. The van der Waals surface area contributed by atoms with E-state index in [4.69, 9.17) is 14.7 Å². The van der Waals surface area contributed by atoms with E-state index in [0.29, 0.717) is 23.6 Å². The van der Waals surface area contributed by atoms with Crippen LogP contribution in [-0.2, 0) is 10.4 Å². The van der Waals surface area contributed by atoms with Gasteiger partial charge in [-0.25, -0.2) is 0 Å². The third-order valence-electron chi connectivity index (χ3n) is 4.72. The molecule has 1 aromatic carbocycles. The minimum Gasteiger partial charge on any atom is -0.451 e. The number of benzene rings is 1. The number of likely N-dealkylation sites (N-methyl/N-ethyl adjacent to an activating group) is 1. The Morgan fingerprint density at radius 3 is 2.70 bits per heavy atom. The van der Waals surface area contributed by atoms with Crippen LogP contribution in [0.15, 0.2) is 51.4 Å². The maximum Gasteiger partial charge on any atom is 0.284 e. The highest BCUT2D eigenvalue weighted by molar-refractivity contribution is 5.90. The SMILES string of the molecule is CN1CCC(O)(c2cc(-c3cccc(-c4ccc(C(N)=O)o4)c3)no2)C1=O. The van der Waals surface area contributed by atoms with Crippen LogP contribution in [0.4, 0.5) is 0 Å². The minimum absolute atomic E-state index is 0.0743. The van der Waals surface area contributed by atoms with E-state index in [2.05, 4.69) is 5.16 Å². The Morgan fingerprint density at radius 2 is 2.04 bits per heavy atom. The number of hydrogen-bond acceptors (Lipinski definition) is 6. The molecule has 3 N–H and O–H groups in total. The molecule has 138 valence electrons. The summed E-state index contributed by atoms with van der Waals surface area (Å²) >= 11 is 0. The number of amides is 2. The molecule has 0 bridgehead atoms. The van der Waals surface area contributed by atoms with Crippen LogP contribution in [0.5, 0.6) is 0 Å². The number of aromatic nitrogens is 1. The van der Waals surface area contributed by atoms with Gasteiger partial charge in [0.25, 0.3) is 11.8 Å². The van der Waals surface area contributed by atoms with Gasteiger partial charge in [0.15, 0.2) is 11.5 Å². The number of rotatable bonds is 4. The van der Waals surface area contributed by atoms with E-state index in [9.17, 15) is 14.7 Å².